The van der Waals surface area contributed by atoms with Crippen LogP contribution in [0.2, 0.25) is 5.02 Å². The molecule has 2 N–H and O–H groups in total. The molecule has 0 spiro atoms. The lowest BCUT2D eigenvalue weighted by Gasteiger charge is -2.23. The molecule has 4 nitrogen and oxygen atoms in total. The van der Waals surface area contributed by atoms with Gasteiger partial charge in [-0.25, -0.2) is 0 Å². The number of hydrogen-bond donors (Lipinski definition) is 2. The van der Waals surface area contributed by atoms with Crippen molar-refractivity contribution in [3.8, 4) is 0 Å². The van der Waals surface area contributed by atoms with E-state index in [2.05, 4.69) is 10.3 Å². The minimum Gasteiger partial charge on any atom is -0.356 e. The van der Waals surface area contributed by atoms with Gasteiger partial charge in [0.2, 0.25) is 0 Å². The van der Waals surface area contributed by atoms with Crippen molar-refractivity contribution in [3.05, 3.63) is 23.0 Å². The maximum Gasteiger partial charge on any atom is 0.270 e. The molecule has 0 saturated carbocycles. The van der Waals surface area contributed by atoms with Crippen molar-refractivity contribution in [3.63, 3.8) is 0 Å². The molecule has 0 aliphatic carbocycles. The molecule has 5 heteroatoms. The summed E-state index contributed by atoms with van der Waals surface area (Å²) < 4.78 is 0. The standard InChI is InChI=1S/C12H16ClN3O/c13-8-5-11(14-6-8)12(17)16-4-3-9-1-2-10(7-16)15-9/h5-6,9-10,14-15H,1-4,7H2. The number of nitrogens with zero attached hydrogens (tertiary/aromatic N) is 1. The van der Waals surface area contributed by atoms with Crippen molar-refractivity contribution in [1.29, 1.82) is 0 Å². The Bertz CT molecular complexity index is 431. The number of rotatable bonds is 1. The van der Waals surface area contributed by atoms with Crippen LogP contribution in [0.1, 0.15) is 29.8 Å². The number of carbonyl (C=O) groups excluding carboxylic acids is 1. The number of likely N-dealkylation sites (tertiary alicyclic amines) is 1. The van der Waals surface area contributed by atoms with Gasteiger partial charge < -0.3 is 15.2 Å². The summed E-state index contributed by atoms with van der Waals surface area (Å²) >= 11 is 5.82. The quantitative estimate of drug-likeness (QED) is 0.799. The Balaban J connectivity index is 1.73. The van der Waals surface area contributed by atoms with E-state index in [0.717, 1.165) is 19.5 Å². The molecular weight excluding hydrogens is 238 g/mol. The van der Waals surface area contributed by atoms with Crippen LogP contribution in [0.4, 0.5) is 0 Å². The molecule has 2 aliphatic heterocycles. The minimum absolute atomic E-state index is 0.0613. The largest absolute Gasteiger partial charge is 0.356 e. The fraction of sp³-hybridized carbons (Fsp3) is 0.583. The average Bonchev–Trinajstić information content (AvgIpc) is 2.84. The molecule has 92 valence electrons. The zero-order chi connectivity index (χ0) is 11.8. The second-order valence-corrected chi connectivity index (χ2v) is 5.35. The summed E-state index contributed by atoms with van der Waals surface area (Å²) in [5.74, 6) is 0.0613. The second kappa shape index (κ2) is 4.35. The van der Waals surface area contributed by atoms with Gasteiger partial charge in [0.15, 0.2) is 0 Å². The topological polar surface area (TPSA) is 48.1 Å². The SMILES string of the molecule is O=C(c1cc(Cl)c[nH]1)N1CCC2CCC(C1)N2. The van der Waals surface area contributed by atoms with Gasteiger partial charge in [-0.1, -0.05) is 11.6 Å². The van der Waals surface area contributed by atoms with Gasteiger partial charge in [-0.3, -0.25) is 4.79 Å². The predicted octanol–water partition coefficient (Wildman–Crippen LogP) is 1.63. The Morgan fingerprint density at radius 3 is 2.94 bits per heavy atom. The van der Waals surface area contributed by atoms with Crippen LogP contribution in [-0.4, -0.2) is 41.0 Å². The van der Waals surface area contributed by atoms with Crippen LogP contribution in [0.5, 0.6) is 0 Å². The van der Waals surface area contributed by atoms with Gasteiger partial charge in [-0.05, 0) is 25.3 Å². The molecule has 2 fully saturated rings. The Morgan fingerprint density at radius 2 is 2.18 bits per heavy atom. The number of aromatic nitrogens is 1. The van der Waals surface area contributed by atoms with Crippen LogP contribution in [0.3, 0.4) is 0 Å². The molecule has 3 rings (SSSR count). The molecule has 0 radical (unpaired) electrons. The molecule has 0 aromatic carbocycles. The van der Waals surface area contributed by atoms with Crippen LogP contribution >= 0.6 is 11.6 Å². The molecule has 2 atom stereocenters. The van der Waals surface area contributed by atoms with E-state index in [1.54, 1.807) is 12.3 Å². The van der Waals surface area contributed by atoms with Gasteiger partial charge >= 0.3 is 0 Å². The van der Waals surface area contributed by atoms with Crippen molar-refractivity contribution in [1.82, 2.24) is 15.2 Å². The third kappa shape index (κ3) is 2.19. The van der Waals surface area contributed by atoms with E-state index in [1.807, 2.05) is 4.90 Å². The molecule has 2 aliphatic rings. The van der Waals surface area contributed by atoms with E-state index in [0.29, 0.717) is 22.8 Å². The van der Waals surface area contributed by atoms with Crippen LogP contribution in [-0.2, 0) is 0 Å². The molecule has 1 aromatic rings. The van der Waals surface area contributed by atoms with Gasteiger partial charge in [0.05, 0.1) is 5.02 Å². The number of fused-ring (bicyclic) bond motifs is 2. The highest BCUT2D eigenvalue weighted by molar-refractivity contribution is 6.30. The van der Waals surface area contributed by atoms with Gasteiger partial charge in [0.1, 0.15) is 5.69 Å². The normalized spacial score (nSPS) is 28.2. The summed E-state index contributed by atoms with van der Waals surface area (Å²) in [4.78, 5) is 17.1. The predicted molar refractivity (Wildman–Crippen MR) is 66.3 cm³/mol. The number of amides is 1. The van der Waals surface area contributed by atoms with Crippen LogP contribution in [0, 0.1) is 0 Å². The Kier molecular flexibility index (Phi) is 2.84. The highest BCUT2D eigenvalue weighted by Crippen LogP contribution is 2.21. The van der Waals surface area contributed by atoms with E-state index < -0.39 is 0 Å². The summed E-state index contributed by atoms with van der Waals surface area (Å²) in [5.41, 5.74) is 0.591. The maximum atomic E-state index is 12.3. The maximum absolute atomic E-state index is 12.3. The highest BCUT2D eigenvalue weighted by atomic mass is 35.5. The number of hydrogen-bond acceptors (Lipinski definition) is 2. The summed E-state index contributed by atoms with van der Waals surface area (Å²) in [5, 5.41) is 4.15. The first-order chi connectivity index (χ1) is 8.22. The number of carbonyl (C=O) groups is 1. The fourth-order valence-corrected chi connectivity index (χ4v) is 2.95. The molecule has 3 heterocycles. The first kappa shape index (κ1) is 11.1. The molecule has 1 aromatic heterocycles. The molecule has 1 amide bonds. The lowest BCUT2D eigenvalue weighted by molar-refractivity contribution is 0.0743. The summed E-state index contributed by atoms with van der Waals surface area (Å²) in [6.45, 7) is 1.65. The van der Waals surface area contributed by atoms with Crippen molar-refractivity contribution in [2.75, 3.05) is 13.1 Å². The van der Waals surface area contributed by atoms with E-state index in [4.69, 9.17) is 11.6 Å². The smallest absolute Gasteiger partial charge is 0.270 e. The third-order valence-electron chi connectivity index (χ3n) is 3.69. The van der Waals surface area contributed by atoms with Gasteiger partial charge in [0.25, 0.3) is 5.91 Å². The molecule has 17 heavy (non-hydrogen) atoms. The lowest BCUT2D eigenvalue weighted by Crippen LogP contribution is -2.39. The van der Waals surface area contributed by atoms with E-state index in [9.17, 15) is 4.79 Å². The van der Waals surface area contributed by atoms with Crippen molar-refractivity contribution in [2.24, 2.45) is 0 Å². The monoisotopic (exact) mass is 253 g/mol. The number of aromatic amines is 1. The van der Waals surface area contributed by atoms with E-state index in [-0.39, 0.29) is 5.91 Å². The number of H-pyrrole nitrogens is 1. The van der Waals surface area contributed by atoms with Crippen molar-refractivity contribution < 1.29 is 4.79 Å². The van der Waals surface area contributed by atoms with Crippen LogP contribution < -0.4 is 5.32 Å². The van der Waals surface area contributed by atoms with E-state index in [1.165, 1.54) is 12.8 Å². The first-order valence-corrected chi connectivity index (χ1v) is 6.49. The highest BCUT2D eigenvalue weighted by Gasteiger charge is 2.31. The average molecular weight is 254 g/mol. The lowest BCUT2D eigenvalue weighted by atomic mass is 10.1. The van der Waals surface area contributed by atoms with E-state index >= 15 is 0 Å². The molecule has 2 saturated heterocycles. The van der Waals surface area contributed by atoms with Crippen molar-refractivity contribution in [2.45, 2.75) is 31.3 Å². The van der Waals surface area contributed by atoms with Crippen LogP contribution in [0.15, 0.2) is 12.3 Å². The Morgan fingerprint density at radius 1 is 1.35 bits per heavy atom. The van der Waals surface area contributed by atoms with Crippen LogP contribution in [0.25, 0.3) is 0 Å². The summed E-state index contributed by atoms with van der Waals surface area (Å²) in [6.07, 6.45) is 5.13. The number of halogens is 1. The minimum atomic E-state index is 0.0613. The fourth-order valence-electron chi connectivity index (χ4n) is 2.79. The Labute approximate surface area is 105 Å². The summed E-state index contributed by atoms with van der Waals surface area (Å²) in [7, 11) is 0. The van der Waals surface area contributed by atoms with Crippen molar-refractivity contribution >= 4 is 17.5 Å². The zero-order valence-electron chi connectivity index (χ0n) is 9.58. The van der Waals surface area contributed by atoms with Gasteiger partial charge in [-0.15, -0.1) is 0 Å². The van der Waals surface area contributed by atoms with Gasteiger partial charge in [0, 0.05) is 31.4 Å². The number of nitrogens with one attached hydrogen (secondary N) is 2. The Hall–Kier alpha value is -1.00. The first-order valence-electron chi connectivity index (χ1n) is 6.11. The molecule has 2 unspecified atom stereocenters. The zero-order valence-corrected chi connectivity index (χ0v) is 10.3. The third-order valence-corrected chi connectivity index (χ3v) is 3.91. The second-order valence-electron chi connectivity index (χ2n) is 4.91. The molecular formula is C12H16ClN3O. The summed E-state index contributed by atoms with van der Waals surface area (Å²) in [6, 6.07) is 2.77. The van der Waals surface area contributed by atoms with Gasteiger partial charge in [-0.2, -0.15) is 0 Å². The molecule has 2 bridgehead atoms.